The number of nitrogens with one attached hydrogen (secondary N) is 2. The van der Waals surface area contributed by atoms with Crippen molar-refractivity contribution in [3.05, 3.63) is 15.8 Å². The summed E-state index contributed by atoms with van der Waals surface area (Å²) in [5.41, 5.74) is 2.39. The van der Waals surface area contributed by atoms with Gasteiger partial charge in [0.2, 0.25) is 11.8 Å². The van der Waals surface area contributed by atoms with Crippen molar-refractivity contribution in [2.75, 3.05) is 17.3 Å². The maximum atomic E-state index is 11.1. The van der Waals surface area contributed by atoms with E-state index in [1.165, 1.54) is 6.92 Å². The first-order valence-electron chi connectivity index (χ1n) is 6.92. The fourth-order valence-corrected chi connectivity index (χ4v) is 2.66. The van der Waals surface area contributed by atoms with Gasteiger partial charge in [0, 0.05) is 6.54 Å². The number of nitro groups is 1. The number of nitrogens with two attached hydrogens (primary N) is 1. The Morgan fingerprint density at radius 1 is 1.48 bits per heavy atom. The van der Waals surface area contributed by atoms with E-state index in [1.54, 1.807) is 0 Å². The molecule has 0 aliphatic heterocycles. The lowest BCUT2D eigenvalue weighted by molar-refractivity contribution is -0.385. The van der Waals surface area contributed by atoms with Gasteiger partial charge in [0.15, 0.2) is 0 Å². The summed E-state index contributed by atoms with van der Waals surface area (Å²) < 4.78 is 0. The summed E-state index contributed by atoms with van der Waals surface area (Å²) in [7, 11) is 0. The third-order valence-corrected chi connectivity index (χ3v) is 3.68. The molecule has 21 heavy (non-hydrogen) atoms. The van der Waals surface area contributed by atoms with Gasteiger partial charge in [-0.25, -0.2) is 10.8 Å². The van der Waals surface area contributed by atoms with Crippen LogP contribution in [-0.2, 0) is 0 Å². The van der Waals surface area contributed by atoms with Crippen molar-refractivity contribution in [2.24, 2.45) is 11.8 Å². The molecule has 9 heteroatoms. The number of aliphatic hydroxyl groups is 1. The lowest BCUT2D eigenvalue weighted by Gasteiger charge is -2.26. The van der Waals surface area contributed by atoms with Gasteiger partial charge in [0.25, 0.3) is 0 Å². The Bertz CT molecular complexity index is 524. The molecule has 1 fully saturated rings. The molecular formula is C12H20N6O3. The van der Waals surface area contributed by atoms with E-state index in [2.05, 4.69) is 20.7 Å². The Hall–Kier alpha value is -2.00. The van der Waals surface area contributed by atoms with Crippen LogP contribution in [0.15, 0.2) is 0 Å². The third kappa shape index (κ3) is 3.76. The Morgan fingerprint density at radius 2 is 2.24 bits per heavy atom. The van der Waals surface area contributed by atoms with E-state index in [0.29, 0.717) is 13.0 Å². The number of rotatable bonds is 5. The molecule has 0 aromatic carbocycles. The van der Waals surface area contributed by atoms with Crippen molar-refractivity contribution < 1.29 is 10.0 Å². The molecule has 5 N–H and O–H groups in total. The van der Waals surface area contributed by atoms with Crippen molar-refractivity contribution in [1.82, 2.24) is 9.97 Å². The van der Waals surface area contributed by atoms with Crippen LogP contribution in [0.4, 0.5) is 17.5 Å². The summed E-state index contributed by atoms with van der Waals surface area (Å²) >= 11 is 0. The van der Waals surface area contributed by atoms with Crippen LogP contribution in [0.3, 0.4) is 0 Å². The molecule has 116 valence electrons. The highest BCUT2D eigenvalue weighted by Crippen LogP contribution is 2.28. The number of hydrogen-bond acceptors (Lipinski definition) is 8. The summed E-state index contributed by atoms with van der Waals surface area (Å²) in [6, 6.07) is 0. The van der Waals surface area contributed by atoms with Crippen LogP contribution in [0.25, 0.3) is 0 Å². The molecule has 0 bridgehead atoms. The minimum atomic E-state index is -0.506. The van der Waals surface area contributed by atoms with Gasteiger partial charge in [-0.1, -0.05) is 6.42 Å². The van der Waals surface area contributed by atoms with Gasteiger partial charge in [0.1, 0.15) is 5.69 Å². The summed E-state index contributed by atoms with van der Waals surface area (Å²) in [6.07, 6.45) is 3.20. The van der Waals surface area contributed by atoms with Crippen LogP contribution in [-0.4, -0.2) is 32.6 Å². The van der Waals surface area contributed by atoms with E-state index in [4.69, 9.17) is 5.84 Å². The first-order valence-corrected chi connectivity index (χ1v) is 6.92. The van der Waals surface area contributed by atoms with E-state index in [0.717, 1.165) is 19.3 Å². The smallest absolute Gasteiger partial charge is 0.332 e. The van der Waals surface area contributed by atoms with Crippen LogP contribution in [0.2, 0.25) is 0 Å². The fourth-order valence-electron chi connectivity index (χ4n) is 2.66. The average Bonchev–Trinajstić information content (AvgIpc) is 2.44. The van der Waals surface area contributed by atoms with E-state index < -0.39 is 4.92 Å². The maximum absolute atomic E-state index is 11.1. The number of anilines is 2. The number of nitrogens with zero attached hydrogens (tertiary/aromatic N) is 3. The first-order chi connectivity index (χ1) is 10.0. The van der Waals surface area contributed by atoms with E-state index in [1.807, 2.05) is 0 Å². The second-order valence-corrected chi connectivity index (χ2v) is 5.30. The summed E-state index contributed by atoms with van der Waals surface area (Å²) in [5.74, 6) is 5.82. The highest BCUT2D eigenvalue weighted by atomic mass is 16.6. The number of hydrogen-bond donors (Lipinski definition) is 4. The monoisotopic (exact) mass is 296 g/mol. The number of aromatic nitrogens is 2. The number of hydrazine groups is 1. The molecule has 0 saturated heterocycles. The molecule has 2 unspecified atom stereocenters. The molecule has 0 amide bonds. The van der Waals surface area contributed by atoms with Crippen LogP contribution < -0.4 is 16.6 Å². The van der Waals surface area contributed by atoms with Gasteiger partial charge in [-0.05, 0) is 32.1 Å². The third-order valence-electron chi connectivity index (χ3n) is 3.68. The maximum Gasteiger partial charge on any atom is 0.332 e. The molecule has 1 aliphatic carbocycles. The molecule has 1 aromatic heterocycles. The molecule has 2 rings (SSSR count). The van der Waals surface area contributed by atoms with E-state index in [-0.39, 0.29) is 35.2 Å². The lowest BCUT2D eigenvalue weighted by atomic mass is 9.87. The van der Waals surface area contributed by atoms with Crippen LogP contribution in [0.1, 0.15) is 31.4 Å². The fraction of sp³-hybridized carbons (Fsp3) is 0.667. The molecule has 1 aromatic rings. The quantitative estimate of drug-likeness (QED) is 0.357. The zero-order valence-electron chi connectivity index (χ0n) is 11.9. The molecule has 1 aliphatic rings. The molecule has 2 atom stereocenters. The van der Waals surface area contributed by atoms with Crippen molar-refractivity contribution in [1.29, 1.82) is 0 Å². The summed E-state index contributed by atoms with van der Waals surface area (Å²) in [4.78, 5) is 18.6. The number of aryl methyl sites for hydroxylation is 1. The zero-order chi connectivity index (χ0) is 15.4. The SMILES string of the molecule is Cc1nc(NN)nc(NCC2CCCC(O)C2)c1[N+](=O)[O-]. The van der Waals surface area contributed by atoms with Gasteiger partial charge >= 0.3 is 5.69 Å². The standard InChI is InChI=1S/C12H20N6O3/c1-7-10(18(20)21)11(16-12(15-7)17-13)14-6-8-3-2-4-9(19)5-8/h8-9,19H,2-6,13H2,1H3,(H2,14,15,16,17). The minimum absolute atomic E-state index is 0.129. The molecule has 0 spiro atoms. The first kappa shape index (κ1) is 15.4. The summed E-state index contributed by atoms with van der Waals surface area (Å²) in [5, 5.41) is 23.8. The van der Waals surface area contributed by atoms with Gasteiger partial charge < -0.3 is 10.4 Å². The van der Waals surface area contributed by atoms with Crippen LogP contribution in [0.5, 0.6) is 0 Å². The molecule has 0 radical (unpaired) electrons. The highest BCUT2D eigenvalue weighted by molar-refractivity contribution is 5.60. The topological polar surface area (TPSA) is 139 Å². The minimum Gasteiger partial charge on any atom is -0.393 e. The van der Waals surface area contributed by atoms with Crippen molar-refractivity contribution >= 4 is 17.5 Å². The van der Waals surface area contributed by atoms with E-state index in [9.17, 15) is 15.2 Å². The van der Waals surface area contributed by atoms with Crippen LogP contribution >= 0.6 is 0 Å². The zero-order valence-corrected chi connectivity index (χ0v) is 11.9. The average molecular weight is 296 g/mol. The molecule has 9 nitrogen and oxygen atoms in total. The Morgan fingerprint density at radius 3 is 2.86 bits per heavy atom. The second-order valence-electron chi connectivity index (χ2n) is 5.30. The van der Waals surface area contributed by atoms with Gasteiger partial charge in [-0.2, -0.15) is 4.98 Å². The lowest BCUT2D eigenvalue weighted by Crippen LogP contribution is -2.25. The number of nitrogen functional groups attached to an aromatic ring is 1. The normalized spacial score (nSPS) is 21.9. The summed E-state index contributed by atoms with van der Waals surface area (Å²) in [6.45, 7) is 2.06. The largest absolute Gasteiger partial charge is 0.393 e. The van der Waals surface area contributed by atoms with Crippen molar-refractivity contribution in [2.45, 2.75) is 38.7 Å². The van der Waals surface area contributed by atoms with Gasteiger partial charge in [-0.15, -0.1) is 0 Å². The predicted octanol–water partition coefficient (Wildman–Crippen LogP) is 0.942. The highest BCUT2D eigenvalue weighted by Gasteiger charge is 2.24. The Balaban J connectivity index is 2.14. The van der Waals surface area contributed by atoms with Crippen LogP contribution in [0, 0.1) is 23.0 Å². The predicted molar refractivity (Wildman–Crippen MR) is 77.7 cm³/mol. The Kier molecular flexibility index (Phi) is 4.86. The number of aliphatic hydroxyl groups excluding tert-OH is 1. The van der Waals surface area contributed by atoms with Gasteiger partial charge in [-0.3, -0.25) is 15.5 Å². The van der Waals surface area contributed by atoms with Crippen molar-refractivity contribution in [3.8, 4) is 0 Å². The van der Waals surface area contributed by atoms with E-state index >= 15 is 0 Å². The molecular weight excluding hydrogens is 276 g/mol. The molecule has 1 heterocycles. The van der Waals surface area contributed by atoms with Crippen molar-refractivity contribution in [3.63, 3.8) is 0 Å². The second kappa shape index (κ2) is 6.64. The van der Waals surface area contributed by atoms with Gasteiger partial charge in [0.05, 0.1) is 11.0 Å². The Labute approximate surface area is 122 Å². The molecule has 1 saturated carbocycles.